The normalized spacial score (nSPS) is 13.8. The molecule has 0 saturated carbocycles. The quantitative estimate of drug-likeness (QED) is 0.891. The summed E-state index contributed by atoms with van der Waals surface area (Å²) in [6, 6.07) is 11.5. The minimum Gasteiger partial charge on any atom is -0.342 e. The van der Waals surface area contributed by atoms with Gasteiger partial charge in [0, 0.05) is 19.2 Å². The number of aromatic nitrogens is 2. The van der Waals surface area contributed by atoms with Crippen molar-refractivity contribution in [2.24, 2.45) is 0 Å². The van der Waals surface area contributed by atoms with Gasteiger partial charge < -0.3 is 10.2 Å². The molecule has 2 heterocycles. The first-order valence-electron chi connectivity index (χ1n) is 7.87. The summed E-state index contributed by atoms with van der Waals surface area (Å²) >= 11 is 0. The van der Waals surface area contributed by atoms with E-state index in [1.54, 1.807) is 29.2 Å². The maximum absolute atomic E-state index is 12.2. The Bertz CT molecular complexity index is 795. The van der Waals surface area contributed by atoms with E-state index in [9.17, 15) is 14.4 Å². The van der Waals surface area contributed by atoms with Crippen LogP contribution in [0, 0.1) is 0 Å². The molecule has 0 spiro atoms. The lowest BCUT2D eigenvalue weighted by molar-refractivity contribution is -0.129. The predicted molar refractivity (Wildman–Crippen MR) is 88.0 cm³/mol. The van der Waals surface area contributed by atoms with E-state index in [1.165, 1.54) is 12.1 Å². The molecule has 7 heteroatoms. The second-order valence-electron chi connectivity index (χ2n) is 5.57. The number of nitrogens with zero attached hydrogens (tertiary/aromatic N) is 3. The minimum absolute atomic E-state index is 0.0645. The SMILES string of the molecule is O=C(NCC(=O)N1CCCC1)c1ccc(=O)n(-c2ccccc2)n1. The largest absolute Gasteiger partial charge is 0.342 e. The molecule has 1 aromatic carbocycles. The number of amides is 2. The molecular weight excluding hydrogens is 308 g/mol. The first-order chi connectivity index (χ1) is 11.6. The lowest BCUT2D eigenvalue weighted by Crippen LogP contribution is -2.39. The summed E-state index contributed by atoms with van der Waals surface area (Å²) in [5.74, 6) is -0.579. The molecular formula is C17H18N4O3. The molecule has 0 atom stereocenters. The van der Waals surface area contributed by atoms with Crippen LogP contribution in [0.5, 0.6) is 0 Å². The monoisotopic (exact) mass is 326 g/mol. The van der Waals surface area contributed by atoms with Gasteiger partial charge in [0.15, 0.2) is 0 Å². The number of benzene rings is 1. The second-order valence-corrected chi connectivity index (χ2v) is 5.57. The van der Waals surface area contributed by atoms with Crippen molar-refractivity contribution in [2.45, 2.75) is 12.8 Å². The molecule has 0 bridgehead atoms. The Hall–Kier alpha value is -2.96. The molecule has 1 saturated heterocycles. The molecule has 1 N–H and O–H groups in total. The van der Waals surface area contributed by atoms with Crippen LogP contribution in [0.15, 0.2) is 47.3 Å². The Balaban J connectivity index is 1.71. The number of likely N-dealkylation sites (tertiary alicyclic amines) is 1. The lowest BCUT2D eigenvalue weighted by atomic mass is 10.3. The summed E-state index contributed by atoms with van der Waals surface area (Å²) in [6.07, 6.45) is 2.01. The lowest BCUT2D eigenvalue weighted by Gasteiger charge is -2.15. The van der Waals surface area contributed by atoms with Crippen molar-refractivity contribution in [2.75, 3.05) is 19.6 Å². The van der Waals surface area contributed by atoms with Gasteiger partial charge in [0.05, 0.1) is 12.2 Å². The van der Waals surface area contributed by atoms with Crippen LogP contribution in [-0.4, -0.2) is 46.1 Å². The summed E-state index contributed by atoms with van der Waals surface area (Å²) in [5.41, 5.74) is 0.337. The van der Waals surface area contributed by atoms with E-state index < -0.39 is 5.91 Å². The molecule has 124 valence electrons. The highest BCUT2D eigenvalue weighted by Gasteiger charge is 2.19. The van der Waals surface area contributed by atoms with Crippen molar-refractivity contribution >= 4 is 11.8 Å². The van der Waals surface area contributed by atoms with Crippen LogP contribution >= 0.6 is 0 Å². The predicted octanol–water partition coefficient (Wildman–Crippen LogP) is 0.585. The van der Waals surface area contributed by atoms with E-state index in [4.69, 9.17) is 0 Å². The summed E-state index contributed by atoms with van der Waals surface area (Å²) in [6.45, 7) is 1.42. The summed E-state index contributed by atoms with van der Waals surface area (Å²) < 4.78 is 1.16. The van der Waals surface area contributed by atoms with Crippen molar-refractivity contribution in [1.82, 2.24) is 20.0 Å². The average Bonchev–Trinajstić information content (AvgIpc) is 3.15. The third-order valence-corrected chi connectivity index (χ3v) is 3.89. The zero-order chi connectivity index (χ0) is 16.9. The summed E-state index contributed by atoms with van der Waals surface area (Å²) in [5, 5.41) is 6.65. The van der Waals surface area contributed by atoms with Gasteiger partial charge in [-0.3, -0.25) is 14.4 Å². The molecule has 0 aliphatic carbocycles. The third kappa shape index (κ3) is 3.51. The van der Waals surface area contributed by atoms with Gasteiger partial charge in [-0.05, 0) is 31.0 Å². The van der Waals surface area contributed by atoms with Gasteiger partial charge >= 0.3 is 0 Å². The van der Waals surface area contributed by atoms with Crippen LogP contribution in [0.25, 0.3) is 5.69 Å². The van der Waals surface area contributed by atoms with Crippen molar-refractivity contribution in [1.29, 1.82) is 0 Å². The van der Waals surface area contributed by atoms with Crippen LogP contribution in [0.4, 0.5) is 0 Å². The molecule has 2 aromatic rings. The number of rotatable bonds is 4. The highest BCUT2D eigenvalue weighted by molar-refractivity contribution is 5.94. The number of nitrogens with one attached hydrogen (secondary N) is 1. The van der Waals surface area contributed by atoms with Gasteiger partial charge in [0.1, 0.15) is 5.69 Å². The molecule has 0 radical (unpaired) electrons. The Morgan fingerprint density at radius 1 is 1.04 bits per heavy atom. The van der Waals surface area contributed by atoms with E-state index in [0.717, 1.165) is 30.6 Å². The number of carbonyl (C=O) groups is 2. The highest BCUT2D eigenvalue weighted by atomic mass is 16.2. The van der Waals surface area contributed by atoms with Gasteiger partial charge in [-0.1, -0.05) is 18.2 Å². The first kappa shape index (κ1) is 15.9. The molecule has 1 aliphatic heterocycles. The van der Waals surface area contributed by atoms with Crippen molar-refractivity contribution in [3.8, 4) is 5.69 Å². The van der Waals surface area contributed by atoms with E-state index in [2.05, 4.69) is 10.4 Å². The fourth-order valence-corrected chi connectivity index (χ4v) is 2.61. The van der Waals surface area contributed by atoms with E-state index in [-0.39, 0.29) is 23.7 Å². The molecule has 24 heavy (non-hydrogen) atoms. The highest BCUT2D eigenvalue weighted by Crippen LogP contribution is 2.07. The van der Waals surface area contributed by atoms with Crippen LogP contribution in [0.1, 0.15) is 23.3 Å². The molecule has 3 rings (SSSR count). The zero-order valence-electron chi connectivity index (χ0n) is 13.1. The summed E-state index contributed by atoms with van der Waals surface area (Å²) in [7, 11) is 0. The number of hydrogen-bond donors (Lipinski definition) is 1. The van der Waals surface area contributed by atoms with E-state index in [0.29, 0.717) is 5.69 Å². The van der Waals surface area contributed by atoms with Gasteiger partial charge in [-0.25, -0.2) is 0 Å². The zero-order valence-corrected chi connectivity index (χ0v) is 13.1. The summed E-state index contributed by atoms with van der Waals surface area (Å²) in [4.78, 5) is 37.8. The fraction of sp³-hybridized carbons (Fsp3) is 0.294. The van der Waals surface area contributed by atoms with Gasteiger partial charge in [-0.2, -0.15) is 9.78 Å². The van der Waals surface area contributed by atoms with Crippen LogP contribution in [-0.2, 0) is 4.79 Å². The Kier molecular flexibility index (Phi) is 4.69. The maximum Gasteiger partial charge on any atom is 0.272 e. The fourth-order valence-electron chi connectivity index (χ4n) is 2.61. The molecule has 1 fully saturated rings. The molecule has 2 amide bonds. The van der Waals surface area contributed by atoms with E-state index in [1.807, 2.05) is 6.07 Å². The molecule has 1 aromatic heterocycles. The van der Waals surface area contributed by atoms with Crippen molar-refractivity contribution in [3.05, 3.63) is 58.5 Å². The Labute approximate surface area is 138 Å². The van der Waals surface area contributed by atoms with Gasteiger partial charge in [0.25, 0.3) is 11.5 Å². The molecule has 7 nitrogen and oxygen atoms in total. The second kappa shape index (κ2) is 7.08. The number of carbonyl (C=O) groups excluding carboxylic acids is 2. The molecule has 0 unspecified atom stereocenters. The first-order valence-corrected chi connectivity index (χ1v) is 7.87. The third-order valence-electron chi connectivity index (χ3n) is 3.89. The number of para-hydroxylation sites is 1. The van der Waals surface area contributed by atoms with Crippen LogP contribution < -0.4 is 10.9 Å². The topological polar surface area (TPSA) is 84.3 Å². The standard InChI is InChI=1S/C17H18N4O3/c22-15-9-8-14(19-21(15)13-6-2-1-3-7-13)17(24)18-12-16(23)20-10-4-5-11-20/h1-3,6-9H,4-5,10-12H2,(H,18,24). The minimum atomic E-state index is -0.479. The van der Waals surface area contributed by atoms with Gasteiger partial charge in [0.2, 0.25) is 5.91 Å². The average molecular weight is 326 g/mol. The van der Waals surface area contributed by atoms with Gasteiger partial charge in [-0.15, -0.1) is 0 Å². The van der Waals surface area contributed by atoms with Crippen molar-refractivity contribution in [3.63, 3.8) is 0 Å². The molecule has 1 aliphatic rings. The Morgan fingerprint density at radius 3 is 2.46 bits per heavy atom. The van der Waals surface area contributed by atoms with E-state index >= 15 is 0 Å². The maximum atomic E-state index is 12.2. The van der Waals surface area contributed by atoms with Crippen LogP contribution in [0.3, 0.4) is 0 Å². The Morgan fingerprint density at radius 2 is 1.75 bits per heavy atom. The number of hydrogen-bond acceptors (Lipinski definition) is 4. The van der Waals surface area contributed by atoms with Crippen LogP contribution in [0.2, 0.25) is 0 Å². The van der Waals surface area contributed by atoms with Crippen molar-refractivity contribution < 1.29 is 9.59 Å². The smallest absolute Gasteiger partial charge is 0.272 e.